The first-order chi connectivity index (χ1) is 8.83. The summed E-state index contributed by atoms with van der Waals surface area (Å²) in [5, 5.41) is 0. The summed E-state index contributed by atoms with van der Waals surface area (Å²) in [6, 6.07) is 14.3. The first-order valence-electron chi connectivity index (χ1n) is 6.28. The van der Waals surface area contributed by atoms with E-state index >= 15 is 0 Å². The zero-order valence-corrected chi connectivity index (χ0v) is 10.6. The second-order valence-electron chi connectivity index (χ2n) is 4.50. The lowest BCUT2D eigenvalue weighted by Gasteiger charge is -2.27. The van der Waals surface area contributed by atoms with Gasteiger partial charge in [0.25, 0.3) is 0 Å². The quantitative estimate of drug-likeness (QED) is 0.777. The van der Waals surface area contributed by atoms with Gasteiger partial charge < -0.3 is 9.47 Å². The van der Waals surface area contributed by atoms with E-state index in [0.29, 0.717) is 5.92 Å². The number of hydrogen-bond acceptors (Lipinski definition) is 2. The summed E-state index contributed by atoms with van der Waals surface area (Å²) in [6.45, 7) is 2.21. The van der Waals surface area contributed by atoms with Crippen LogP contribution in [0, 0.1) is 0 Å². The summed E-state index contributed by atoms with van der Waals surface area (Å²) in [7, 11) is 1.68. The van der Waals surface area contributed by atoms with E-state index in [1.807, 2.05) is 24.3 Å². The zero-order valence-electron chi connectivity index (χ0n) is 10.6. The van der Waals surface area contributed by atoms with Crippen LogP contribution in [0.2, 0.25) is 0 Å². The normalized spacial score (nSPS) is 16.4. The summed E-state index contributed by atoms with van der Waals surface area (Å²) >= 11 is 0. The fourth-order valence-electron chi connectivity index (χ4n) is 2.61. The van der Waals surface area contributed by atoms with Crippen molar-refractivity contribution in [3.05, 3.63) is 53.6 Å². The van der Waals surface area contributed by atoms with Gasteiger partial charge in [0, 0.05) is 23.1 Å². The average molecular weight is 240 g/mol. The number of para-hydroxylation sites is 1. The second-order valence-corrected chi connectivity index (χ2v) is 4.50. The van der Waals surface area contributed by atoms with Gasteiger partial charge in [0.2, 0.25) is 0 Å². The number of methoxy groups -OCH3 is 1. The van der Waals surface area contributed by atoms with Crippen molar-refractivity contribution in [2.45, 2.75) is 19.3 Å². The molecule has 0 aromatic heterocycles. The summed E-state index contributed by atoms with van der Waals surface area (Å²) < 4.78 is 11.2. The maximum Gasteiger partial charge on any atom is 0.134 e. The van der Waals surface area contributed by atoms with Crippen LogP contribution in [-0.2, 0) is 0 Å². The van der Waals surface area contributed by atoms with Crippen molar-refractivity contribution in [3.63, 3.8) is 0 Å². The molecule has 2 aromatic carbocycles. The van der Waals surface area contributed by atoms with Crippen LogP contribution in [-0.4, -0.2) is 7.11 Å². The lowest BCUT2D eigenvalue weighted by Crippen LogP contribution is -2.09. The number of hydrogen-bond donors (Lipinski definition) is 0. The van der Waals surface area contributed by atoms with Crippen LogP contribution in [0.25, 0.3) is 0 Å². The van der Waals surface area contributed by atoms with Gasteiger partial charge in [-0.2, -0.15) is 0 Å². The van der Waals surface area contributed by atoms with Crippen LogP contribution < -0.4 is 9.47 Å². The highest BCUT2D eigenvalue weighted by molar-refractivity contribution is 5.55. The molecule has 0 spiro atoms. The minimum atomic E-state index is 0.413. The Bertz CT molecular complexity index is 575. The smallest absolute Gasteiger partial charge is 0.134 e. The number of rotatable bonds is 2. The van der Waals surface area contributed by atoms with Crippen molar-refractivity contribution in [1.29, 1.82) is 0 Å². The Morgan fingerprint density at radius 3 is 2.61 bits per heavy atom. The third kappa shape index (κ3) is 1.65. The van der Waals surface area contributed by atoms with E-state index < -0.39 is 0 Å². The van der Waals surface area contributed by atoms with Crippen LogP contribution in [0.1, 0.15) is 30.4 Å². The van der Waals surface area contributed by atoms with Crippen LogP contribution in [0.5, 0.6) is 17.2 Å². The molecule has 0 bridgehead atoms. The summed E-state index contributed by atoms with van der Waals surface area (Å²) in [5.41, 5.74) is 2.52. The van der Waals surface area contributed by atoms with Gasteiger partial charge in [-0.25, -0.2) is 0 Å². The lowest BCUT2D eigenvalue weighted by atomic mass is 9.86. The van der Waals surface area contributed by atoms with E-state index in [2.05, 4.69) is 25.1 Å². The van der Waals surface area contributed by atoms with E-state index in [4.69, 9.17) is 9.47 Å². The van der Waals surface area contributed by atoms with Crippen molar-refractivity contribution in [3.8, 4) is 17.2 Å². The van der Waals surface area contributed by atoms with Gasteiger partial charge >= 0.3 is 0 Å². The highest BCUT2D eigenvalue weighted by atomic mass is 16.5. The lowest BCUT2D eigenvalue weighted by molar-refractivity contribution is 0.403. The molecule has 92 valence electrons. The van der Waals surface area contributed by atoms with Crippen molar-refractivity contribution < 1.29 is 9.47 Å². The Balaban J connectivity index is 2.14. The van der Waals surface area contributed by atoms with E-state index in [-0.39, 0.29) is 0 Å². The maximum absolute atomic E-state index is 5.97. The van der Waals surface area contributed by atoms with Crippen molar-refractivity contribution in [1.82, 2.24) is 0 Å². The van der Waals surface area contributed by atoms with Gasteiger partial charge in [0.05, 0.1) is 7.11 Å². The highest BCUT2D eigenvalue weighted by Gasteiger charge is 2.25. The van der Waals surface area contributed by atoms with Crippen molar-refractivity contribution >= 4 is 0 Å². The molecule has 0 saturated heterocycles. The van der Waals surface area contributed by atoms with Gasteiger partial charge in [-0.1, -0.05) is 31.2 Å². The molecule has 1 aliphatic heterocycles. The Kier molecular flexibility index (Phi) is 2.71. The molecule has 0 aliphatic carbocycles. The largest absolute Gasteiger partial charge is 0.497 e. The molecule has 1 unspecified atom stereocenters. The molecule has 18 heavy (non-hydrogen) atoms. The molecular weight excluding hydrogens is 224 g/mol. The molecule has 0 radical (unpaired) electrons. The first-order valence-corrected chi connectivity index (χ1v) is 6.28. The molecule has 2 heteroatoms. The molecule has 0 amide bonds. The Morgan fingerprint density at radius 1 is 1.06 bits per heavy atom. The van der Waals surface area contributed by atoms with Crippen molar-refractivity contribution in [2.24, 2.45) is 0 Å². The van der Waals surface area contributed by atoms with Gasteiger partial charge in [-0.15, -0.1) is 0 Å². The molecule has 0 saturated carbocycles. The Labute approximate surface area is 107 Å². The fourth-order valence-corrected chi connectivity index (χ4v) is 2.61. The topological polar surface area (TPSA) is 18.5 Å². The number of fused-ring (bicyclic) bond motifs is 2. The zero-order chi connectivity index (χ0) is 12.5. The van der Waals surface area contributed by atoms with E-state index in [0.717, 1.165) is 23.7 Å². The number of ether oxygens (including phenoxy) is 2. The third-order valence-electron chi connectivity index (χ3n) is 3.52. The van der Waals surface area contributed by atoms with Gasteiger partial charge in [-0.3, -0.25) is 0 Å². The minimum absolute atomic E-state index is 0.413. The summed E-state index contributed by atoms with van der Waals surface area (Å²) in [6.07, 6.45) is 1.07. The predicted octanol–water partition coefficient (Wildman–Crippen LogP) is 4.34. The highest BCUT2D eigenvalue weighted by Crippen LogP contribution is 2.46. The molecule has 2 aromatic rings. The second kappa shape index (κ2) is 4.37. The maximum atomic E-state index is 5.97. The fraction of sp³-hybridized carbons (Fsp3) is 0.250. The van der Waals surface area contributed by atoms with Crippen LogP contribution in [0.3, 0.4) is 0 Å². The molecule has 0 N–H and O–H groups in total. The van der Waals surface area contributed by atoms with Crippen molar-refractivity contribution in [2.75, 3.05) is 7.11 Å². The molecule has 2 nitrogen and oxygen atoms in total. The SMILES string of the molecule is CCC1c2ccccc2Oc2cc(OC)ccc21. The van der Waals surface area contributed by atoms with Gasteiger partial charge in [-0.05, 0) is 18.6 Å². The Hall–Kier alpha value is -1.96. The third-order valence-corrected chi connectivity index (χ3v) is 3.52. The molecule has 1 atom stereocenters. The summed E-state index contributed by atoms with van der Waals surface area (Å²) in [5.74, 6) is 3.13. The van der Waals surface area contributed by atoms with E-state index in [1.165, 1.54) is 11.1 Å². The van der Waals surface area contributed by atoms with Crippen LogP contribution >= 0.6 is 0 Å². The van der Waals surface area contributed by atoms with Gasteiger partial charge in [0.15, 0.2) is 0 Å². The molecule has 1 heterocycles. The monoisotopic (exact) mass is 240 g/mol. The molecule has 1 aliphatic rings. The molecule has 0 fully saturated rings. The standard InChI is InChI=1S/C16H16O2/c1-3-12-13-6-4-5-7-15(13)18-16-10-11(17-2)8-9-14(12)16/h4-10,12H,3H2,1-2H3. The first kappa shape index (κ1) is 11.1. The van der Waals surface area contributed by atoms with Gasteiger partial charge in [0.1, 0.15) is 17.2 Å². The van der Waals surface area contributed by atoms with E-state index in [1.54, 1.807) is 7.11 Å². The Morgan fingerprint density at radius 2 is 1.83 bits per heavy atom. The minimum Gasteiger partial charge on any atom is -0.497 e. The summed E-state index contributed by atoms with van der Waals surface area (Å²) in [4.78, 5) is 0. The van der Waals surface area contributed by atoms with Crippen LogP contribution in [0.15, 0.2) is 42.5 Å². The van der Waals surface area contributed by atoms with E-state index in [9.17, 15) is 0 Å². The average Bonchev–Trinajstić information content (AvgIpc) is 2.44. The molecular formula is C16H16O2. The van der Waals surface area contributed by atoms with Crippen LogP contribution in [0.4, 0.5) is 0 Å². The number of benzene rings is 2. The predicted molar refractivity (Wildman–Crippen MR) is 71.6 cm³/mol. The molecule has 3 rings (SSSR count).